The molecule has 0 unspecified atom stereocenters. The van der Waals surface area contributed by atoms with E-state index >= 15 is 0 Å². The molecule has 1 aliphatic rings. The summed E-state index contributed by atoms with van der Waals surface area (Å²) in [5, 5.41) is 6.87. The summed E-state index contributed by atoms with van der Waals surface area (Å²) in [5.41, 5.74) is 2.73. The van der Waals surface area contributed by atoms with Crippen molar-refractivity contribution >= 4 is 5.91 Å². The van der Waals surface area contributed by atoms with Gasteiger partial charge >= 0.3 is 0 Å². The standard InChI is InChI=1S/C18H23N3O2/c1-12-8-9-13(2)15(10-12)17(22)19-11-16-20-18(23-21-16)14-6-4-3-5-7-14/h8-10,14H,3-7,11H2,1-2H3,(H,19,22). The Morgan fingerprint density at radius 1 is 1.26 bits per heavy atom. The lowest BCUT2D eigenvalue weighted by Gasteiger charge is -2.17. The fourth-order valence-corrected chi connectivity index (χ4v) is 3.09. The summed E-state index contributed by atoms with van der Waals surface area (Å²) in [7, 11) is 0. The van der Waals surface area contributed by atoms with E-state index < -0.39 is 0 Å². The van der Waals surface area contributed by atoms with Gasteiger partial charge in [-0.05, 0) is 38.3 Å². The molecule has 0 radical (unpaired) electrons. The molecule has 1 amide bonds. The van der Waals surface area contributed by atoms with Crippen molar-refractivity contribution in [2.75, 3.05) is 0 Å². The van der Waals surface area contributed by atoms with Crippen molar-refractivity contribution in [1.29, 1.82) is 0 Å². The number of amides is 1. The molecule has 1 saturated carbocycles. The smallest absolute Gasteiger partial charge is 0.251 e. The molecular weight excluding hydrogens is 290 g/mol. The van der Waals surface area contributed by atoms with E-state index in [0.717, 1.165) is 29.9 Å². The zero-order chi connectivity index (χ0) is 16.2. The molecule has 0 saturated heterocycles. The Bertz CT molecular complexity index is 687. The lowest BCUT2D eigenvalue weighted by molar-refractivity contribution is 0.0949. The third-order valence-electron chi connectivity index (χ3n) is 4.48. The third kappa shape index (κ3) is 3.78. The van der Waals surface area contributed by atoms with Crippen molar-refractivity contribution < 1.29 is 9.32 Å². The number of nitrogens with zero attached hydrogens (tertiary/aromatic N) is 2. The highest BCUT2D eigenvalue weighted by atomic mass is 16.5. The van der Waals surface area contributed by atoms with Crippen LogP contribution >= 0.6 is 0 Å². The van der Waals surface area contributed by atoms with E-state index in [1.165, 1.54) is 19.3 Å². The summed E-state index contributed by atoms with van der Waals surface area (Å²) in [6, 6.07) is 5.86. The monoisotopic (exact) mass is 313 g/mol. The zero-order valence-electron chi connectivity index (χ0n) is 13.8. The van der Waals surface area contributed by atoms with Crippen LogP contribution in [-0.2, 0) is 6.54 Å². The van der Waals surface area contributed by atoms with E-state index in [-0.39, 0.29) is 5.91 Å². The van der Waals surface area contributed by atoms with Crippen LogP contribution in [0.25, 0.3) is 0 Å². The van der Waals surface area contributed by atoms with Gasteiger partial charge in [0.15, 0.2) is 5.82 Å². The largest absolute Gasteiger partial charge is 0.345 e. The van der Waals surface area contributed by atoms with Gasteiger partial charge in [0.25, 0.3) is 5.91 Å². The van der Waals surface area contributed by atoms with Crippen LogP contribution in [0.1, 0.15) is 71.2 Å². The van der Waals surface area contributed by atoms with Crippen molar-refractivity contribution in [2.45, 2.75) is 58.4 Å². The molecule has 1 heterocycles. The lowest BCUT2D eigenvalue weighted by Crippen LogP contribution is -2.24. The summed E-state index contributed by atoms with van der Waals surface area (Å²) >= 11 is 0. The highest BCUT2D eigenvalue weighted by Crippen LogP contribution is 2.31. The number of hydrogen-bond donors (Lipinski definition) is 1. The van der Waals surface area contributed by atoms with Crippen LogP contribution in [-0.4, -0.2) is 16.0 Å². The van der Waals surface area contributed by atoms with E-state index in [1.807, 2.05) is 32.0 Å². The van der Waals surface area contributed by atoms with Gasteiger partial charge in [0.05, 0.1) is 6.54 Å². The summed E-state index contributed by atoms with van der Waals surface area (Å²) in [6.07, 6.45) is 5.99. The molecule has 0 bridgehead atoms. The predicted molar refractivity (Wildman–Crippen MR) is 87.2 cm³/mol. The molecule has 0 atom stereocenters. The van der Waals surface area contributed by atoms with Crippen LogP contribution < -0.4 is 5.32 Å². The third-order valence-corrected chi connectivity index (χ3v) is 4.48. The highest BCUT2D eigenvalue weighted by molar-refractivity contribution is 5.95. The maximum absolute atomic E-state index is 12.3. The van der Waals surface area contributed by atoms with Gasteiger partial charge in [-0.1, -0.05) is 42.1 Å². The number of aromatic nitrogens is 2. The quantitative estimate of drug-likeness (QED) is 0.935. The molecule has 5 nitrogen and oxygen atoms in total. The molecule has 1 aromatic heterocycles. The molecule has 1 fully saturated rings. The maximum Gasteiger partial charge on any atom is 0.251 e. The Kier molecular flexibility index (Phi) is 4.74. The molecule has 1 aromatic carbocycles. The molecule has 1 aliphatic carbocycles. The Balaban J connectivity index is 1.61. The second-order valence-corrected chi connectivity index (χ2v) is 6.38. The molecule has 2 aromatic rings. The Hall–Kier alpha value is -2.17. The van der Waals surface area contributed by atoms with Crippen molar-refractivity contribution in [3.05, 3.63) is 46.6 Å². The minimum absolute atomic E-state index is 0.102. The van der Waals surface area contributed by atoms with Crippen LogP contribution in [0.4, 0.5) is 0 Å². The fraction of sp³-hybridized carbons (Fsp3) is 0.500. The van der Waals surface area contributed by atoms with Gasteiger partial charge in [-0.15, -0.1) is 0 Å². The van der Waals surface area contributed by atoms with E-state index in [1.54, 1.807) is 0 Å². The summed E-state index contributed by atoms with van der Waals surface area (Å²) in [4.78, 5) is 16.7. The van der Waals surface area contributed by atoms with E-state index in [0.29, 0.717) is 23.9 Å². The van der Waals surface area contributed by atoms with Crippen molar-refractivity contribution in [3.8, 4) is 0 Å². The molecule has 122 valence electrons. The fourth-order valence-electron chi connectivity index (χ4n) is 3.09. The second kappa shape index (κ2) is 6.94. The first-order chi connectivity index (χ1) is 11.1. The van der Waals surface area contributed by atoms with Crippen LogP contribution in [0.5, 0.6) is 0 Å². The van der Waals surface area contributed by atoms with E-state index in [2.05, 4.69) is 15.5 Å². The first kappa shape index (κ1) is 15.7. The number of carbonyl (C=O) groups excluding carboxylic acids is 1. The number of nitrogens with one attached hydrogen (secondary N) is 1. The van der Waals surface area contributed by atoms with Crippen LogP contribution in [0.3, 0.4) is 0 Å². The van der Waals surface area contributed by atoms with Crippen molar-refractivity contribution in [2.24, 2.45) is 0 Å². The molecule has 0 aliphatic heterocycles. The number of carbonyl (C=O) groups is 1. The van der Waals surface area contributed by atoms with Crippen LogP contribution in [0.15, 0.2) is 22.7 Å². The molecule has 5 heteroatoms. The summed E-state index contributed by atoms with van der Waals surface area (Å²) in [6.45, 7) is 4.21. The number of hydrogen-bond acceptors (Lipinski definition) is 4. The molecule has 23 heavy (non-hydrogen) atoms. The average Bonchev–Trinajstić information content (AvgIpc) is 3.05. The maximum atomic E-state index is 12.3. The first-order valence-corrected chi connectivity index (χ1v) is 8.31. The van der Waals surface area contributed by atoms with Crippen molar-refractivity contribution in [3.63, 3.8) is 0 Å². The van der Waals surface area contributed by atoms with Gasteiger partial charge in [0.1, 0.15) is 0 Å². The number of rotatable bonds is 4. The SMILES string of the molecule is Cc1ccc(C)c(C(=O)NCc2noc(C3CCCCC3)n2)c1. The molecular formula is C18H23N3O2. The van der Waals surface area contributed by atoms with E-state index in [9.17, 15) is 4.79 Å². The summed E-state index contributed by atoms with van der Waals surface area (Å²) < 4.78 is 5.37. The zero-order valence-corrected chi connectivity index (χ0v) is 13.8. The normalized spacial score (nSPS) is 15.6. The lowest BCUT2D eigenvalue weighted by atomic mass is 9.89. The number of aryl methyl sites for hydroxylation is 2. The van der Waals surface area contributed by atoms with Crippen LogP contribution in [0, 0.1) is 13.8 Å². The van der Waals surface area contributed by atoms with Gasteiger partial charge in [-0.3, -0.25) is 4.79 Å². The minimum atomic E-state index is -0.102. The van der Waals surface area contributed by atoms with Gasteiger partial charge < -0.3 is 9.84 Å². The Morgan fingerprint density at radius 2 is 2.04 bits per heavy atom. The Labute approximate surface area is 136 Å². The predicted octanol–water partition coefficient (Wildman–Crippen LogP) is 3.66. The highest BCUT2D eigenvalue weighted by Gasteiger charge is 2.21. The average molecular weight is 313 g/mol. The molecule has 1 N–H and O–H groups in total. The van der Waals surface area contributed by atoms with Gasteiger partial charge in [-0.2, -0.15) is 4.98 Å². The molecule has 0 spiro atoms. The summed E-state index contributed by atoms with van der Waals surface area (Å²) in [5.74, 6) is 1.56. The topological polar surface area (TPSA) is 68.0 Å². The Morgan fingerprint density at radius 3 is 2.83 bits per heavy atom. The minimum Gasteiger partial charge on any atom is -0.345 e. The van der Waals surface area contributed by atoms with Crippen molar-refractivity contribution in [1.82, 2.24) is 15.5 Å². The number of benzene rings is 1. The second-order valence-electron chi connectivity index (χ2n) is 6.38. The first-order valence-electron chi connectivity index (χ1n) is 8.31. The van der Waals surface area contributed by atoms with Crippen LogP contribution in [0.2, 0.25) is 0 Å². The molecule has 3 rings (SSSR count). The van der Waals surface area contributed by atoms with Gasteiger partial charge in [0, 0.05) is 11.5 Å². The van der Waals surface area contributed by atoms with Gasteiger partial charge in [0.2, 0.25) is 5.89 Å². The van der Waals surface area contributed by atoms with E-state index in [4.69, 9.17) is 4.52 Å². The van der Waals surface area contributed by atoms with Gasteiger partial charge in [-0.25, -0.2) is 0 Å².